The molecule has 5 nitrogen and oxygen atoms in total. The minimum atomic E-state index is -0.370. The zero-order valence-corrected chi connectivity index (χ0v) is 13.5. The van der Waals surface area contributed by atoms with Gasteiger partial charge in [0, 0.05) is 28.0 Å². The number of aromatic nitrogens is 4. The summed E-state index contributed by atoms with van der Waals surface area (Å²) < 4.78 is 16.2. The molecular weight excluding hydrogens is 369 g/mol. The maximum Gasteiger partial charge on any atom is 0.216 e. The van der Waals surface area contributed by atoms with Crippen LogP contribution >= 0.6 is 28.1 Å². The molecule has 110 valence electrons. The third-order valence-corrected chi connectivity index (χ3v) is 3.60. The zero-order chi connectivity index (χ0) is 15.5. The van der Waals surface area contributed by atoms with Crippen molar-refractivity contribution in [2.24, 2.45) is 5.10 Å². The third-order valence-electron chi connectivity index (χ3n) is 2.84. The highest BCUT2D eigenvalue weighted by Gasteiger charge is 2.08. The highest BCUT2D eigenvalue weighted by atomic mass is 79.9. The molecule has 1 aromatic carbocycles. The number of pyridine rings is 1. The summed E-state index contributed by atoms with van der Waals surface area (Å²) >= 11 is 8.45. The van der Waals surface area contributed by atoms with E-state index in [0.29, 0.717) is 16.2 Å². The first-order valence-corrected chi connectivity index (χ1v) is 7.42. The molecule has 0 bridgehead atoms. The minimum absolute atomic E-state index is 0.311. The summed E-state index contributed by atoms with van der Waals surface area (Å²) in [7, 11) is 0. The van der Waals surface area contributed by atoms with Crippen LogP contribution < -0.4 is 0 Å². The molecule has 0 saturated carbocycles. The van der Waals surface area contributed by atoms with Gasteiger partial charge in [0.05, 0.1) is 6.21 Å². The van der Waals surface area contributed by atoms with Gasteiger partial charge >= 0.3 is 0 Å². The lowest BCUT2D eigenvalue weighted by Gasteiger charge is -2.01. The fourth-order valence-electron chi connectivity index (χ4n) is 1.81. The maximum atomic E-state index is 13.7. The number of nitrogens with one attached hydrogen (secondary N) is 1. The molecule has 0 aliphatic rings. The second kappa shape index (κ2) is 6.29. The molecule has 0 aliphatic carbocycles. The van der Waals surface area contributed by atoms with Crippen LogP contribution in [0.5, 0.6) is 0 Å². The van der Waals surface area contributed by atoms with Gasteiger partial charge in [0.2, 0.25) is 4.77 Å². The highest BCUT2D eigenvalue weighted by molar-refractivity contribution is 9.10. The number of halogens is 2. The van der Waals surface area contributed by atoms with Crippen molar-refractivity contribution in [2.75, 3.05) is 0 Å². The Morgan fingerprint density at radius 2 is 2.23 bits per heavy atom. The van der Waals surface area contributed by atoms with E-state index in [4.69, 9.17) is 12.2 Å². The zero-order valence-electron chi connectivity index (χ0n) is 11.1. The average molecular weight is 378 g/mol. The third kappa shape index (κ3) is 3.02. The van der Waals surface area contributed by atoms with E-state index < -0.39 is 0 Å². The molecule has 0 spiro atoms. The molecular formula is C14H9BrFN5S. The molecule has 0 amide bonds. The summed E-state index contributed by atoms with van der Waals surface area (Å²) in [5.41, 5.74) is 1.09. The van der Waals surface area contributed by atoms with Crippen LogP contribution in [-0.4, -0.2) is 26.1 Å². The Morgan fingerprint density at radius 3 is 3.00 bits per heavy atom. The summed E-state index contributed by atoms with van der Waals surface area (Å²) in [6, 6.07) is 8.24. The Labute approximate surface area is 138 Å². The van der Waals surface area contributed by atoms with Crippen LogP contribution in [0, 0.1) is 10.6 Å². The quantitative estimate of drug-likeness (QED) is 0.557. The van der Waals surface area contributed by atoms with Gasteiger partial charge in [-0.3, -0.25) is 4.98 Å². The number of H-pyrrole nitrogens is 1. The van der Waals surface area contributed by atoms with E-state index in [-0.39, 0.29) is 5.82 Å². The largest absolute Gasteiger partial charge is 0.264 e. The van der Waals surface area contributed by atoms with Crippen molar-refractivity contribution >= 4 is 34.4 Å². The Hall–Kier alpha value is -2.19. The van der Waals surface area contributed by atoms with Gasteiger partial charge in [-0.25, -0.2) is 9.49 Å². The van der Waals surface area contributed by atoms with Crippen LogP contribution in [0.1, 0.15) is 5.56 Å². The topological polar surface area (TPSA) is 58.9 Å². The van der Waals surface area contributed by atoms with Gasteiger partial charge in [-0.05, 0) is 42.5 Å². The first kappa shape index (κ1) is 14.7. The second-order valence-corrected chi connectivity index (χ2v) is 5.62. The monoisotopic (exact) mass is 377 g/mol. The van der Waals surface area contributed by atoms with E-state index in [1.807, 2.05) is 6.07 Å². The molecule has 0 saturated heterocycles. The van der Waals surface area contributed by atoms with Crippen LogP contribution in [0.3, 0.4) is 0 Å². The lowest BCUT2D eigenvalue weighted by Crippen LogP contribution is -1.96. The van der Waals surface area contributed by atoms with E-state index in [2.05, 4.69) is 36.2 Å². The summed E-state index contributed by atoms with van der Waals surface area (Å²) in [4.78, 5) is 4.04. The molecule has 0 unspecified atom stereocenters. The van der Waals surface area contributed by atoms with Gasteiger partial charge < -0.3 is 0 Å². The SMILES string of the molecule is Fc1ccc(Br)cc1/C=N\n1c(-c2cccnc2)n[nH]c1=S. The molecule has 2 aromatic heterocycles. The van der Waals surface area contributed by atoms with Crippen molar-refractivity contribution in [3.8, 4) is 11.4 Å². The fraction of sp³-hybridized carbons (Fsp3) is 0. The van der Waals surface area contributed by atoms with Crippen LogP contribution in [0.4, 0.5) is 4.39 Å². The number of hydrogen-bond donors (Lipinski definition) is 1. The summed E-state index contributed by atoms with van der Waals surface area (Å²) in [5, 5.41) is 11.0. The van der Waals surface area contributed by atoms with E-state index in [9.17, 15) is 4.39 Å². The standard InChI is InChI=1S/C14H9BrFN5S/c15-11-3-4-12(16)10(6-11)8-18-21-13(19-20-14(21)22)9-2-1-5-17-7-9/h1-8H,(H,20,22)/b18-8-. The number of aromatic amines is 1. The van der Waals surface area contributed by atoms with Crippen molar-refractivity contribution in [3.63, 3.8) is 0 Å². The normalized spacial score (nSPS) is 11.2. The number of benzene rings is 1. The fourth-order valence-corrected chi connectivity index (χ4v) is 2.37. The van der Waals surface area contributed by atoms with Crippen LogP contribution in [0.25, 0.3) is 11.4 Å². The Balaban J connectivity index is 2.03. The van der Waals surface area contributed by atoms with Crippen molar-refractivity contribution < 1.29 is 4.39 Å². The molecule has 3 rings (SSSR count). The predicted molar refractivity (Wildman–Crippen MR) is 87.7 cm³/mol. The van der Waals surface area contributed by atoms with Gasteiger partial charge in [-0.15, -0.1) is 0 Å². The Bertz CT molecular complexity index is 888. The number of nitrogens with zero attached hydrogens (tertiary/aromatic N) is 4. The molecule has 0 fully saturated rings. The molecule has 0 aliphatic heterocycles. The molecule has 0 radical (unpaired) electrons. The first-order chi connectivity index (χ1) is 10.6. The van der Waals surface area contributed by atoms with Crippen molar-refractivity contribution in [1.29, 1.82) is 0 Å². The molecule has 3 aromatic rings. The first-order valence-electron chi connectivity index (χ1n) is 6.22. The average Bonchev–Trinajstić information content (AvgIpc) is 2.90. The lowest BCUT2D eigenvalue weighted by atomic mass is 10.2. The maximum absolute atomic E-state index is 13.7. The number of hydrogen-bond acceptors (Lipinski definition) is 4. The second-order valence-electron chi connectivity index (χ2n) is 4.32. The predicted octanol–water partition coefficient (Wildman–Crippen LogP) is 3.79. The summed E-state index contributed by atoms with van der Waals surface area (Å²) in [5.74, 6) is 0.134. The van der Waals surface area contributed by atoms with Gasteiger partial charge in [-0.1, -0.05) is 15.9 Å². The van der Waals surface area contributed by atoms with Crippen molar-refractivity contribution in [3.05, 3.63) is 63.3 Å². The number of rotatable bonds is 3. The molecule has 2 heterocycles. The van der Waals surface area contributed by atoms with E-state index in [1.54, 1.807) is 30.6 Å². The lowest BCUT2D eigenvalue weighted by molar-refractivity contribution is 0.625. The van der Waals surface area contributed by atoms with Crippen LogP contribution in [0.2, 0.25) is 0 Å². The van der Waals surface area contributed by atoms with Gasteiger partial charge in [0.1, 0.15) is 5.82 Å². The Morgan fingerprint density at radius 1 is 1.36 bits per heavy atom. The van der Waals surface area contributed by atoms with E-state index in [0.717, 1.165) is 10.0 Å². The van der Waals surface area contributed by atoms with Gasteiger partial charge in [-0.2, -0.15) is 14.9 Å². The van der Waals surface area contributed by atoms with Crippen LogP contribution in [0.15, 0.2) is 52.3 Å². The summed E-state index contributed by atoms with van der Waals surface area (Å²) in [6.07, 6.45) is 4.71. The highest BCUT2D eigenvalue weighted by Crippen LogP contribution is 2.17. The smallest absolute Gasteiger partial charge is 0.216 e. The van der Waals surface area contributed by atoms with Crippen molar-refractivity contribution in [1.82, 2.24) is 19.9 Å². The van der Waals surface area contributed by atoms with Crippen LogP contribution in [-0.2, 0) is 0 Å². The molecule has 0 atom stereocenters. The molecule has 8 heteroatoms. The summed E-state index contributed by atoms with van der Waals surface area (Å²) in [6.45, 7) is 0. The molecule has 1 N–H and O–H groups in total. The van der Waals surface area contributed by atoms with Gasteiger partial charge in [0.15, 0.2) is 5.82 Å². The Kier molecular flexibility index (Phi) is 4.21. The van der Waals surface area contributed by atoms with E-state index in [1.165, 1.54) is 17.0 Å². The minimum Gasteiger partial charge on any atom is -0.264 e. The van der Waals surface area contributed by atoms with Gasteiger partial charge in [0.25, 0.3) is 0 Å². The van der Waals surface area contributed by atoms with Crippen molar-refractivity contribution in [2.45, 2.75) is 0 Å². The van der Waals surface area contributed by atoms with E-state index >= 15 is 0 Å². The molecule has 22 heavy (non-hydrogen) atoms.